The maximum atomic E-state index is 13.0. The Morgan fingerprint density at radius 3 is 2.42 bits per heavy atom. The van der Waals surface area contributed by atoms with Gasteiger partial charge in [0.1, 0.15) is 11.9 Å². The van der Waals surface area contributed by atoms with Crippen molar-refractivity contribution in [3.05, 3.63) is 77.3 Å². The van der Waals surface area contributed by atoms with Gasteiger partial charge in [0.05, 0.1) is 12.9 Å². The minimum atomic E-state index is -0.831. The number of rotatable bonds is 7. The maximum Gasteiger partial charge on any atom is 0.319 e. The molecule has 1 aromatic heterocycles. The van der Waals surface area contributed by atoms with Crippen LogP contribution in [0, 0.1) is 0 Å². The number of amidine groups is 1. The van der Waals surface area contributed by atoms with E-state index >= 15 is 0 Å². The van der Waals surface area contributed by atoms with E-state index in [0.717, 1.165) is 30.2 Å². The van der Waals surface area contributed by atoms with E-state index in [9.17, 15) is 9.59 Å². The predicted octanol–water partition coefficient (Wildman–Crippen LogP) is 3.13. The van der Waals surface area contributed by atoms with Crippen molar-refractivity contribution in [2.24, 2.45) is 4.99 Å². The zero-order valence-electron chi connectivity index (χ0n) is 18.0. The molecule has 0 saturated carbocycles. The van der Waals surface area contributed by atoms with E-state index in [1.807, 2.05) is 31.3 Å². The first-order valence-corrected chi connectivity index (χ1v) is 10.8. The summed E-state index contributed by atoms with van der Waals surface area (Å²) >= 11 is 5.88. The quantitative estimate of drug-likeness (QED) is 0.429. The molecule has 4 N–H and O–H groups in total. The summed E-state index contributed by atoms with van der Waals surface area (Å²) in [5.74, 6) is 0.587. The Kier molecular flexibility index (Phi) is 6.89. The fourth-order valence-corrected chi connectivity index (χ4v) is 3.59. The second kappa shape index (κ2) is 10.2. The third-order valence-corrected chi connectivity index (χ3v) is 5.42. The number of aromatic amines is 1. The lowest BCUT2D eigenvalue weighted by molar-refractivity contribution is -0.117. The summed E-state index contributed by atoms with van der Waals surface area (Å²) in [5, 5.41) is 8.88. The average molecular weight is 466 g/mol. The van der Waals surface area contributed by atoms with Gasteiger partial charge < -0.3 is 25.8 Å². The number of carbonyl (C=O) groups is 2. The van der Waals surface area contributed by atoms with Gasteiger partial charge in [-0.3, -0.25) is 9.79 Å². The summed E-state index contributed by atoms with van der Waals surface area (Å²) < 4.78 is 0. The number of benzene rings is 2. The number of anilines is 2. The van der Waals surface area contributed by atoms with Gasteiger partial charge in [-0.1, -0.05) is 11.6 Å². The molecule has 1 aliphatic heterocycles. The molecule has 4 rings (SSSR count). The van der Waals surface area contributed by atoms with E-state index in [1.54, 1.807) is 30.5 Å². The Labute approximate surface area is 196 Å². The van der Waals surface area contributed by atoms with Gasteiger partial charge in [-0.25, -0.2) is 9.78 Å². The van der Waals surface area contributed by atoms with Gasteiger partial charge in [-0.05, 0) is 48.5 Å². The Bertz CT molecular complexity index is 1130. The molecule has 3 amide bonds. The Morgan fingerprint density at radius 1 is 1.09 bits per heavy atom. The van der Waals surface area contributed by atoms with Gasteiger partial charge in [-0.15, -0.1) is 0 Å². The highest BCUT2D eigenvalue weighted by Crippen LogP contribution is 2.16. The van der Waals surface area contributed by atoms with Crippen molar-refractivity contribution < 1.29 is 9.59 Å². The molecule has 2 heterocycles. The van der Waals surface area contributed by atoms with E-state index in [2.05, 4.69) is 35.8 Å². The molecule has 0 radical (unpaired) electrons. The minimum Gasteiger partial charge on any atom is -0.358 e. The lowest BCUT2D eigenvalue weighted by atomic mass is 10.1. The second-order valence-electron chi connectivity index (χ2n) is 7.63. The molecular weight excluding hydrogens is 442 g/mol. The van der Waals surface area contributed by atoms with Crippen molar-refractivity contribution in [1.82, 2.24) is 20.2 Å². The Morgan fingerprint density at radius 2 is 1.79 bits per heavy atom. The van der Waals surface area contributed by atoms with Crippen molar-refractivity contribution in [3.8, 4) is 0 Å². The van der Waals surface area contributed by atoms with Crippen molar-refractivity contribution in [2.45, 2.75) is 12.5 Å². The molecule has 0 spiro atoms. The number of nitrogens with zero attached hydrogens (tertiary/aromatic N) is 3. The molecule has 0 saturated heterocycles. The van der Waals surface area contributed by atoms with Crippen LogP contribution in [-0.4, -0.2) is 58.8 Å². The van der Waals surface area contributed by atoms with E-state index in [1.165, 1.54) is 6.33 Å². The molecule has 1 atom stereocenters. The first kappa shape index (κ1) is 22.3. The number of urea groups is 1. The monoisotopic (exact) mass is 465 g/mol. The number of likely N-dealkylation sites (N-methyl/N-ethyl adjacent to an activating group) is 1. The number of amides is 3. The van der Waals surface area contributed by atoms with Crippen molar-refractivity contribution in [1.29, 1.82) is 0 Å². The molecular formula is C23H24ClN7O2. The first-order valence-electron chi connectivity index (χ1n) is 10.4. The van der Waals surface area contributed by atoms with Gasteiger partial charge in [0.25, 0.3) is 0 Å². The second-order valence-corrected chi connectivity index (χ2v) is 8.07. The molecule has 1 unspecified atom stereocenters. The third kappa shape index (κ3) is 5.89. The standard InChI is InChI=1S/C23H24ClN7O2/c1-31-11-10-26-21(31)15-2-6-17(7-3-15)28-22(32)20(12-19-13-25-14-27-19)30-23(33)29-18-8-4-16(24)5-9-18/h2-9,13-14,20H,10-12H2,1H3,(H,25,27)(H,28,32)(H2,29,30,33). The predicted molar refractivity (Wildman–Crippen MR) is 129 cm³/mol. The van der Waals surface area contributed by atoms with E-state index in [4.69, 9.17) is 11.6 Å². The smallest absolute Gasteiger partial charge is 0.319 e. The van der Waals surface area contributed by atoms with Crippen molar-refractivity contribution >= 4 is 40.7 Å². The number of hydrogen-bond acceptors (Lipinski definition) is 5. The summed E-state index contributed by atoms with van der Waals surface area (Å²) in [4.78, 5) is 39.1. The lowest BCUT2D eigenvalue weighted by Crippen LogP contribution is -2.47. The molecule has 0 bridgehead atoms. The molecule has 2 aromatic carbocycles. The van der Waals surface area contributed by atoms with Gasteiger partial charge in [0.15, 0.2) is 0 Å². The summed E-state index contributed by atoms with van der Waals surface area (Å²) in [6, 6.07) is 12.8. The Hall–Kier alpha value is -3.85. The highest BCUT2D eigenvalue weighted by atomic mass is 35.5. The number of nitrogens with one attached hydrogen (secondary N) is 4. The maximum absolute atomic E-state index is 13.0. The highest BCUT2D eigenvalue weighted by molar-refractivity contribution is 6.30. The molecule has 33 heavy (non-hydrogen) atoms. The Balaban J connectivity index is 1.42. The fourth-order valence-electron chi connectivity index (χ4n) is 3.46. The van der Waals surface area contributed by atoms with Crippen LogP contribution in [0.25, 0.3) is 0 Å². The van der Waals surface area contributed by atoms with E-state index in [0.29, 0.717) is 16.4 Å². The third-order valence-electron chi connectivity index (χ3n) is 5.17. The van der Waals surface area contributed by atoms with Crippen LogP contribution in [0.3, 0.4) is 0 Å². The molecule has 9 nitrogen and oxygen atoms in total. The number of H-pyrrole nitrogens is 1. The molecule has 0 fully saturated rings. The van der Waals surface area contributed by atoms with E-state index in [-0.39, 0.29) is 12.3 Å². The van der Waals surface area contributed by atoms with Gasteiger partial charge in [0.2, 0.25) is 5.91 Å². The first-order chi connectivity index (χ1) is 16.0. The van der Waals surface area contributed by atoms with Crippen molar-refractivity contribution in [2.75, 3.05) is 30.8 Å². The number of imidazole rings is 1. The molecule has 0 aliphatic carbocycles. The van der Waals surface area contributed by atoms with Gasteiger partial charge >= 0.3 is 6.03 Å². The summed E-state index contributed by atoms with van der Waals surface area (Å²) in [6.07, 6.45) is 3.39. The normalized spacial score (nSPS) is 13.9. The summed E-state index contributed by atoms with van der Waals surface area (Å²) in [7, 11) is 2.00. The summed E-state index contributed by atoms with van der Waals surface area (Å²) in [6.45, 7) is 1.68. The van der Waals surface area contributed by atoms with Crippen LogP contribution < -0.4 is 16.0 Å². The van der Waals surface area contributed by atoms with Crippen LogP contribution >= 0.6 is 11.6 Å². The lowest BCUT2D eigenvalue weighted by Gasteiger charge is -2.19. The number of aromatic nitrogens is 2. The number of halogens is 1. The van der Waals surface area contributed by atoms with Crippen molar-refractivity contribution in [3.63, 3.8) is 0 Å². The molecule has 3 aromatic rings. The zero-order chi connectivity index (χ0) is 23.2. The summed E-state index contributed by atoms with van der Waals surface area (Å²) in [5.41, 5.74) is 2.90. The average Bonchev–Trinajstić information content (AvgIpc) is 3.47. The van der Waals surface area contributed by atoms with E-state index < -0.39 is 12.1 Å². The number of carbonyl (C=O) groups excluding carboxylic acids is 2. The van der Waals surface area contributed by atoms with Gasteiger partial charge in [0, 0.05) is 53.9 Å². The topological polar surface area (TPSA) is 115 Å². The number of hydrogen-bond donors (Lipinski definition) is 4. The van der Waals surface area contributed by atoms with Crippen LogP contribution in [-0.2, 0) is 11.2 Å². The van der Waals surface area contributed by atoms with Crippen LogP contribution in [0.4, 0.5) is 16.2 Å². The van der Waals surface area contributed by atoms with Gasteiger partial charge in [-0.2, -0.15) is 0 Å². The van der Waals surface area contributed by atoms with Crippen LogP contribution in [0.1, 0.15) is 11.3 Å². The van der Waals surface area contributed by atoms with Crippen LogP contribution in [0.15, 0.2) is 66.0 Å². The molecule has 1 aliphatic rings. The molecule has 10 heteroatoms. The SMILES string of the molecule is CN1CCN=C1c1ccc(NC(=O)C(Cc2cnc[nH]2)NC(=O)Nc2ccc(Cl)cc2)cc1. The highest BCUT2D eigenvalue weighted by Gasteiger charge is 2.22. The fraction of sp³-hybridized carbons (Fsp3) is 0.217. The minimum absolute atomic E-state index is 0.250. The largest absolute Gasteiger partial charge is 0.358 e. The zero-order valence-corrected chi connectivity index (χ0v) is 18.8. The van der Waals surface area contributed by atoms with Crippen LogP contribution in [0.2, 0.25) is 5.02 Å². The van der Waals surface area contributed by atoms with Crippen LogP contribution in [0.5, 0.6) is 0 Å². The molecule has 170 valence electrons. The number of aliphatic imine (C=N–C) groups is 1.